The van der Waals surface area contributed by atoms with Crippen LogP contribution >= 0.6 is 11.3 Å². The van der Waals surface area contributed by atoms with Gasteiger partial charge >= 0.3 is 0 Å². The number of aryl methyl sites for hydroxylation is 1. The van der Waals surface area contributed by atoms with Crippen LogP contribution in [0.15, 0.2) is 24.5 Å². The van der Waals surface area contributed by atoms with Gasteiger partial charge in [0.1, 0.15) is 23.6 Å². The van der Waals surface area contributed by atoms with Crippen molar-refractivity contribution in [3.05, 3.63) is 40.7 Å². The maximum absolute atomic E-state index is 6.15. The minimum atomic E-state index is 0.249. The lowest BCUT2D eigenvalue weighted by atomic mass is 10.1. The number of ether oxygens (including phenoxy) is 1. The first-order valence-electron chi connectivity index (χ1n) is 9.43. The molecule has 146 valence electrons. The highest BCUT2D eigenvalue weighted by atomic mass is 32.1. The summed E-state index contributed by atoms with van der Waals surface area (Å²) < 4.78 is 8.56. The van der Waals surface area contributed by atoms with Crippen LogP contribution in [0.1, 0.15) is 28.6 Å². The second-order valence-electron chi connectivity index (χ2n) is 7.14. The van der Waals surface area contributed by atoms with Crippen LogP contribution in [0, 0.1) is 18.8 Å². The van der Waals surface area contributed by atoms with Gasteiger partial charge in [-0.3, -0.25) is 0 Å². The number of nitrogen functional groups attached to an aromatic ring is 1. The lowest BCUT2D eigenvalue weighted by Gasteiger charge is -2.09. The molecule has 1 saturated heterocycles. The number of methoxy groups -OCH3 is 1. The van der Waals surface area contributed by atoms with Gasteiger partial charge in [-0.2, -0.15) is 5.10 Å². The number of rotatable bonds is 2. The average Bonchev–Trinajstić information content (AvgIpc) is 3.44. The number of nitrogens with two attached hydrogens (primary N) is 1. The molecule has 0 bridgehead atoms. The summed E-state index contributed by atoms with van der Waals surface area (Å²) in [5.74, 6) is 7.75. The number of fused-ring (bicyclic) bond motifs is 2. The second-order valence-corrected chi connectivity index (χ2v) is 8.20. The number of nitrogens with zero attached hydrogens (tertiary/aromatic N) is 4. The zero-order valence-corrected chi connectivity index (χ0v) is 17.0. The molecule has 0 amide bonds. The molecule has 7 nitrogen and oxygen atoms in total. The van der Waals surface area contributed by atoms with Crippen LogP contribution in [0.5, 0.6) is 5.75 Å². The van der Waals surface area contributed by atoms with Gasteiger partial charge in [0, 0.05) is 6.54 Å². The highest BCUT2D eigenvalue weighted by Crippen LogP contribution is 2.34. The predicted octanol–water partition coefficient (Wildman–Crippen LogP) is 2.87. The van der Waals surface area contributed by atoms with E-state index in [1.807, 2.05) is 10.7 Å². The summed E-state index contributed by atoms with van der Waals surface area (Å²) in [6, 6.07) is 6.52. The number of hydrogen-bond donors (Lipinski definition) is 2. The molecule has 1 aliphatic heterocycles. The molecule has 3 N–H and O–H groups in total. The topological polar surface area (TPSA) is 90.9 Å². The van der Waals surface area contributed by atoms with E-state index in [2.05, 4.69) is 46.2 Å². The molecule has 0 unspecified atom stereocenters. The molecule has 3 aromatic heterocycles. The zero-order chi connectivity index (χ0) is 20.0. The molecule has 0 spiro atoms. The summed E-state index contributed by atoms with van der Waals surface area (Å²) in [6.45, 7) is 3.89. The number of aromatic nitrogens is 4. The van der Waals surface area contributed by atoms with Crippen LogP contribution in [0.2, 0.25) is 0 Å². The highest BCUT2D eigenvalue weighted by Gasteiger charge is 2.23. The van der Waals surface area contributed by atoms with Crippen molar-refractivity contribution in [2.45, 2.75) is 19.4 Å². The summed E-state index contributed by atoms with van der Waals surface area (Å²) in [4.78, 5) is 9.52. The Balaban J connectivity index is 1.61. The van der Waals surface area contributed by atoms with E-state index < -0.39 is 0 Å². The van der Waals surface area contributed by atoms with E-state index in [1.165, 1.54) is 6.33 Å². The Labute approximate surface area is 171 Å². The minimum Gasteiger partial charge on any atom is -0.495 e. The first-order valence-corrected chi connectivity index (χ1v) is 10.3. The van der Waals surface area contributed by atoms with Gasteiger partial charge < -0.3 is 15.8 Å². The van der Waals surface area contributed by atoms with E-state index in [4.69, 9.17) is 15.6 Å². The SMILES string of the molecule is COc1cc(C)cc2cc(C#Cc3nn([C@H]4CCNC4)c4ncnc(N)c34)sc12. The zero-order valence-electron chi connectivity index (χ0n) is 16.2. The summed E-state index contributed by atoms with van der Waals surface area (Å²) in [5, 5.41) is 9.97. The van der Waals surface area contributed by atoms with Gasteiger partial charge in [-0.1, -0.05) is 6.07 Å². The summed E-state index contributed by atoms with van der Waals surface area (Å²) >= 11 is 1.61. The first-order chi connectivity index (χ1) is 14.1. The number of thiophene rings is 1. The Kier molecular flexibility index (Phi) is 4.34. The molecular formula is C21H20N6OS. The smallest absolute Gasteiger partial charge is 0.164 e. The van der Waals surface area contributed by atoms with E-state index in [-0.39, 0.29) is 6.04 Å². The molecule has 4 aromatic rings. The van der Waals surface area contributed by atoms with Crippen molar-refractivity contribution in [2.75, 3.05) is 25.9 Å². The van der Waals surface area contributed by atoms with E-state index >= 15 is 0 Å². The molecule has 1 fully saturated rings. The minimum absolute atomic E-state index is 0.249. The summed E-state index contributed by atoms with van der Waals surface area (Å²) in [7, 11) is 1.69. The third kappa shape index (κ3) is 3.09. The third-order valence-corrected chi connectivity index (χ3v) is 6.23. The number of hydrogen-bond acceptors (Lipinski definition) is 7. The summed E-state index contributed by atoms with van der Waals surface area (Å²) in [6.07, 6.45) is 2.49. The van der Waals surface area contributed by atoms with E-state index in [0.717, 1.165) is 56.8 Å². The fourth-order valence-corrected chi connectivity index (χ4v) is 4.77. The van der Waals surface area contributed by atoms with E-state index in [1.54, 1.807) is 18.4 Å². The molecule has 1 aromatic carbocycles. The fraction of sp³-hybridized carbons (Fsp3) is 0.286. The molecule has 5 rings (SSSR count). The normalized spacial score (nSPS) is 16.3. The maximum atomic E-state index is 6.15. The molecule has 8 heteroatoms. The first kappa shape index (κ1) is 17.9. The molecule has 4 heterocycles. The Morgan fingerprint density at radius 2 is 2.17 bits per heavy atom. The Morgan fingerprint density at radius 1 is 1.28 bits per heavy atom. The van der Waals surface area contributed by atoms with Gasteiger partial charge in [0.05, 0.1) is 28.1 Å². The lowest BCUT2D eigenvalue weighted by Crippen LogP contribution is -2.15. The number of benzene rings is 1. The fourth-order valence-electron chi connectivity index (χ4n) is 3.78. The van der Waals surface area contributed by atoms with Crippen molar-refractivity contribution < 1.29 is 4.74 Å². The van der Waals surface area contributed by atoms with Gasteiger partial charge in [-0.15, -0.1) is 11.3 Å². The van der Waals surface area contributed by atoms with Crippen molar-refractivity contribution in [3.63, 3.8) is 0 Å². The molecular weight excluding hydrogens is 384 g/mol. The quantitative estimate of drug-likeness (QED) is 0.499. The molecule has 0 aliphatic carbocycles. The van der Waals surface area contributed by atoms with Gasteiger partial charge in [-0.25, -0.2) is 14.6 Å². The third-order valence-electron chi connectivity index (χ3n) is 5.15. The van der Waals surface area contributed by atoms with Gasteiger partial charge in [0.2, 0.25) is 0 Å². The van der Waals surface area contributed by atoms with E-state index in [0.29, 0.717) is 11.5 Å². The molecule has 1 atom stereocenters. The largest absolute Gasteiger partial charge is 0.495 e. The van der Waals surface area contributed by atoms with Gasteiger partial charge in [-0.05, 0) is 54.8 Å². The van der Waals surface area contributed by atoms with Crippen LogP contribution in [-0.4, -0.2) is 39.9 Å². The van der Waals surface area contributed by atoms with Gasteiger partial charge in [0.15, 0.2) is 5.65 Å². The van der Waals surface area contributed by atoms with Crippen LogP contribution in [-0.2, 0) is 0 Å². The summed E-state index contributed by atoms with van der Waals surface area (Å²) in [5.41, 5.74) is 8.67. The highest BCUT2D eigenvalue weighted by molar-refractivity contribution is 7.20. The van der Waals surface area contributed by atoms with Crippen LogP contribution in [0.3, 0.4) is 0 Å². The monoisotopic (exact) mass is 404 g/mol. The maximum Gasteiger partial charge on any atom is 0.164 e. The molecule has 0 radical (unpaired) electrons. The molecule has 0 saturated carbocycles. The average molecular weight is 404 g/mol. The lowest BCUT2D eigenvalue weighted by molar-refractivity contribution is 0.420. The van der Waals surface area contributed by atoms with Crippen molar-refractivity contribution in [2.24, 2.45) is 0 Å². The Bertz CT molecular complexity index is 1290. The number of anilines is 1. The predicted molar refractivity (Wildman–Crippen MR) is 115 cm³/mol. The molecule has 1 aliphatic rings. The van der Waals surface area contributed by atoms with Crippen molar-refractivity contribution in [1.82, 2.24) is 25.1 Å². The standard InChI is InChI=1S/C21H20N6OS/c1-12-7-13-9-15(29-19(13)17(8-12)28-2)3-4-16-18-20(22)24-11-25-21(18)27(26-16)14-5-6-23-10-14/h7-9,11,14,23H,5-6,10H2,1-2H3,(H2,22,24,25)/t14-/m0/s1. The Morgan fingerprint density at radius 3 is 2.97 bits per heavy atom. The molecule has 29 heavy (non-hydrogen) atoms. The van der Waals surface area contributed by atoms with Crippen molar-refractivity contribution in [1.29, 1.82) is 0 Å². The number of nitrogens with one attached hydrogen (secondary N) is 1. The second kappa shape index (κ2) is 7.03. The van der Waals surface area contributed by atoms with Crippen molar-refractivity contribution in [3.8, 4) is 17.6 Å². The van der Waals surface area contributed by atoms with Crippen molar-refractivity contribution >= 4 is 38.3 Å². The van der Waals surface area contributed by atoms with Gasteiger partial charge in [0.25, 0.3) is 0 Å². The van der Waals surface area contributed by atoms with Crippen LogP contribution in [0.25, 0.3) is 21.1 Å². The van der Waals surface area contributed by atoms with E-state index in [9.17, 15) is 0 Å². The van der Waals surface area contributed by atoms with Crippen LogP contribution in [0.4, 0.5) is 5.82 Å². The Hall–Kier alpha value is -3.15. The van der Waals surface area contributed by atoms with Crippen LogP contribution < -0.4 is 15.8 Å².